The van der Waals surface area contributed by atoms with E-state index in [1.54, 1.807) is 42.5 Å². The number of hydrogen-bond acceptors (Lipinski definition) is 4. The molecule has 0 atom stereocenters. The number of carbonyl (C=O) groups excluding carboxylic acids is 1. The van der Waals surface area contributed by atoms with E-state index in [1.165, 1.54) is 36.4 Å². The number of halogens is 1. The first-order valence-electron chi connectivity index (χ1n) is 9.44. The fraction of sp³-hybridized carbons (Fsp3) is 0.130. The van der Waals surface area contributed by atoms with Gasteiger partial charge < -0.3 is 5.32 Å². The zero-order chi connectivity index (χ0) is 22.3. The van der Waals surface area contributed by atoms with Crippen molar-refractivity contribution >= 4 is 21.6 Å². The molecular formula is C23H20FN3O3S. The van der Waals surface area contributed by atoms with Crippen LogP contribution in [0, 0.1) is 17.1 Å². The molecule has 0 aromatic heterocycles. The Balaban J connectivity index is 1.81. The summed E-state index contributed by atoms with van der Waals surface area (Å²) in [7, 11) is -3.97. The van der Waals surface area contributed by atoms with Crippen LogP contribution in [0.3, 0.4) is 0 Å². The van der Waals surface area contributed by atoms with Gasteiger partial charge in [-0.05, 0) is 47.5 Å². The van der Waals surface area contributed by atoms with Gasteiger partial charge >= 0.3 is 0 Å². The normalized spacial score (nSPS) is 11.1. The van der Waals surface area contributed by atoms with Crippen LogP contribution >= 0.6 is 0 Å². The number of nitriles is 1. The number of benzene rings is 3. The predicted octanol–water partition coefficient (Wildman–Crippen LogP) is 3.72. The Labute approximate surface area is 180 Å². The van der Waals surface area contributed by atoms with E-state index in [0.717, 1.165) is 9.87 Å². The lowest BCUT2D eigenvalue weighted by atomic mass is 10.1. The van der Waals surface area contributed by atoms with Crippen molar-refractivity contribution in [2.75, 3.05) is 11.9 Å². The molecule has 0 saturated carbocycles. The topological polar surface area (TPSA) is 90.3 Å². The third-order valence-electron chi connectivity index (χ3n) is 4.49. The molecule has 8 heteroatoms. The molecule has 6 nitrogen and oxygen atoms in total. The Morgan fingerprint density at radius 2 is 1.55 bits per heavy atom. The van der Waals surface area contributed by atoms with Crippen LogP contribution in [-0.2, 0) is 27.8 Å². The van der Waals surface area contributed by atoms with E-state index in [1.807, 2.05) is 6.07 Å². The highest BCUT2D eigenvalue weighted by Crippen LogP contribution is 2.19. The minimum Gasteiger partial charge on any atom is -0.325 e. The van der Waals surface area contributed by atoms with Gasteiger partial charge in [0.15, 0.2) is 0 Å². The van der Waals surface area contributed by atoms with Gasteiger partial charge in [-0.2, -0.15) is 9.57 Å². The molecule has 3 aromatic carbocycles. The molecule has 0 spiro atoms. The van der Waals surface area contributed by atoms with E-state index < -0.39 is 28.3 Å². The van der Waals surface area contributed by atoms with E-state index >= 15 is 0 Å². The van der Waals surface area contributed by atoms with Crippen LogP contribution in [0.2, 0.25) is 0 Å². The highest BCUT2D eigenvalue weighted by atomic mass is 32.2. The molecule has 3 aromatic rings. The lowest BCUT2D eigenvalue weighted by Gasteiger charge is -2.22. The van der Waals surface area contributed by atoms with Crippen LogP contribution < -0.4 is 5.32 Å². The largest absolute Gasteiger partial charge is 0.325 e. The van der Waals surface area contributed by atoms with Crippen molar-refractivity contribution in [2.45, 2.75) is 17.9 Å². The summed E-state index contributed by atoms with van der Waals surface area (Å²) < 4.78 is 40.6. The minimum absolute atomic E-state index is 0.0609. The smallest absolute Gasteiger partial charge is 0.243 e. The monoisotopic (exact) mass is 437 g/mol. The van der Waals surface area contributed by atoms with Crippen molar-refractivity contribution < 1.29 is 17.6 Å². The summed E-state index contributed by atoms with van der Waals surface area (Å²) >= 11 is 0. The molecule has 0 aliphatic rings. The molecule has 1 amide bonds. The lowest BCUT2D eigenvalue weighted by molar-refractivity contribution is -0.116. The Morgan fingerprint density at radius 3 is 2.16 bits per heavy atom. The van der Waals surface area contributed by atoms with Gasteiger partial charge in [-0.1, -0.05) is 42.5 Å². The first kappa shape index (κ1) is 22.2. The van der Waals surface area contributed by atoms with Gasteiger partial charge in [-0.25, -0.2) is 12.8 Å². The molecule has 3 rings (SSSR count). The van der Waals surface area contributed by atoms with Crippen LogP contribution in [0.15, 0.2) is 83.8 Å². The van der Waals surface area contributed by atoms with Crippen molar-refractivity contribution in [3.05, 3.63) is 95.8 Å². The van der Waals surface area contributed by atoms with Crippen LogP contribution in [-0.4, -0.2) is 25.2 Å². The highest BCUT2D eigenvalue weighted by molar-refractivity contribution is 7.89. The maximum atomic E-state index is 13.2. The SMILES string of the molecule is N#CCc1ccc(NC(=O)CN(Cc2ccc(F)cc2)S(=O)(=O)c2ccccc2)cc1. The Kier molecular flexibility index (Phi) is 7.13. The summed E-state index contributed by atoms with van der Waals surface area (Å²) in [5.74, 6) is -0.951. The molecule has 0 bridgehead atoms. The van der Waals surface area contributed by atoms with Crippen LogP contribution in [0.4, 0.5) is 10.1 Å². The van der Waals surface area contributed by atoms with E-state index in [0.29, 0.717) is 11.3 Å². The number of sulfonamides is 1. The highest BCUT2D eigenvalue weighted by Gasteiger charge is 2.27. The first-order valence-corrected chi connectivity index (χ1v) is 10.9. The third kappa shape index (κ3) is 5.98. The Bertz CT molecular complexity index is 1170. The summed E-state index contributed by atoms with van der Waals surface area (Å²) in [6.07, 6.45) is 0.259. The summed E-state index contributed by atoms with van der Waals surface area (Å²) in [5.41, 5.74) is 1.85. The molecule has 0 saturated heterocycles. The first-order chi connectivity index (χ1) is 14.9. The zero-order valence-corrected chi connectivity index (χ0v) is 17.3. The lowest BCUT2D eigenvalue weighted by Crippen LogP contribution is -2.37. The van der Waals surface area contributed by atoms with Crippen molar-refractivity contribution in [3.8, 4) is 6.07 Å². The van der Waals surface area contributed by atoms with E-state index in [9.17, 15) is 17.6 Å². The van der Waals surface area contributed by atoms with Gasteiger partial charge in [0.1, 0.15) is 5.82 Å². The second-order valence-electron chi connectivity index (χ2n) is 6.79. The molecule has 0 heterocycles. The molecule has 31 heavy (non-hydrogen) atoms. The average molecular weight is 437 g/mol. The van der Waals surface area contributed by atoms with Crippen molar-refractivity contribution in [1.29, 1.82) is 5.26 Å². The van der Waals surface area contributed by atoms with Gasteiger partial charge in [-0.15, -0.1) is 0 Å². The van der Waals surface area contributed by atoms with Gasteiger partial charge in [0.2, 0.25) is 15.9 Å². The van der Waals surface area contributed by atoms with Crippen molar-refractivity contribution in [1.82, 2.24) is 4.31 Å². The Morgan fingerprint density at radius 1 is 0.935 bits per heavy atom. The predicted molar refractivity (Wildman–Crippen MR) is 115 cm³/mol. The fourth-order valence-electron chi connectivity index (χ4n) is 2.92. The van der Waals surface area contributed by atoms with E-state index in [4.69, 9.17) is 5.26 Å². The van der Waals surface area contributed by atoms with Crippen LogP contribution in [0.1, 0.15) is 11.1 Å². The molecule has 0 radical (unpaired) electrons. The van der Waals surface area contributed by atoms with Crippen molar-refractivity contribution in [2.24, 2.45) is 0 Å². The van der Waals surface area contributed by atoms with Crippen LogP contribution in [0.5, 0.6) is 0 Å². The molecule has 0 unspecified atom stereocenters. The van der Waals surface area contributed by atoms with Crippen LogP contribution in [0.25, 0.3) is 0 Å². The number of rotatable bonds is 8. The number of carbonyl (C=O) groups is 1. The quantitative estimate of drug-likeness (QED) is 0.582. The van der Waals surface area contributed by atoms with Crippen molar-refractivity contribution in [3.63, 3.8) is 0 Å². The number of nitrogens with zero attached hydrogens (tertiary/aromatic N) is 2. The molecule has 1 N–H and O–H groups in total. The molecule has 0 aliphatic carbocycles. The molecule has 0 fully saturated rings. The summed E-state index contributed by atoms with van der Waals surface area (Å²) in [5, 5.41) is 11.4. The summed E-state index contributed by atoms with van der Waals surface area (Å²) in [4.78, 5) is 12.7. The van der Waals surface area contributed by atoms with Gasteiger partial charge in [0, 0.05) is 12.2 Å². The number of anilines is 1. The average Bonchev–Trinajstić information content (AvgIpc) is 2.77. The Hall–Kier alpha value is -3.54. The standard InChI is InChI=1S/C23H20FN3O3S/c24-20-10-6-19(7-11-20)16-27(31(29,30)22-4-2-1-3-5-22)17-23(28)26-21-12-8-18(9-13-21)14-15-25/h1-13H,14,16-17H2,(H,26,28). The fourth-order valence-corrected chi connectivity index (χ4v) is 4.32. The zero-order valence-electron chi connectivity index (χ0n) is 16.5. The van der Waals surface area contributed by atoms with E-state index in [-0.39, 0.29) is 17.9 Å². The van der Waals surface area contributed by atoms with Gasteiger partial charge in [0.25, 0.3) is 0 Å². The number of nitrogens with one attached hydrogen (secondary N) is 1. The summed E-state index contributed by atoms with van der Waals surface area (Å²) in [6.45, 7) is -0.513. The molecule has 158 valence electrons. The minimum atomic E-state index is -3.97. The van der Waals surface area contributed by atoms with Gasteiger partial charge in [-0.3, -0.25) is 4.79 Å². The second-order valence-corrected chi connectivity index (χ2v) is 8.73. The third-order valence-corrected chi connectivity index (χ3v) is 6.30. The maximum absolute atomic E-state index is 13.2. The molecule has 0 aliphatic heterocycles. The summed E-state index contributed by atoms with van der Waals surface area (Å²) in [6, 6.07) is 22.1. The van der Waals surface area contributed by atoms with Gasteiger partial charge in [0.05, 0.1) is 23.9 Å². The number of hydrogen-bond donors (Lipinski definition) is 1. The second kappa shape index (κ2) is 9.98. The maximum Gasteiger partial charge on any atom is 0.243 e. The van der Waals surface area contributed by atoms with E-state index in [2.05, 4.69) is 5.32 Å². The molecular weight excluding hydrogens is 417 g/mol. The number of amides is 1.